The van der Waals surface area contributed by atoms with Gasteiger partial charge in [0.15, 0.2) is 9.84 Å². The number of allylic oxidation sites excluding steroid dienone is 1. The molecule has 1 aromatic rings. The summed E-state index contributed by atoms with van der Waals surface area (Å²) in [6.45, 7) is 3.86. The Labute approximate surface area is 136 Å². The van der Waals surface area contributed by atoms with Gasteiger partial charge in [-0.3, -0.25) is 4.79 Å². The Bertz CT molecular complexity index is 812. The van der Waals surface area contributed by atoms with Crippen LogP contribution in [-0.2, 0) is 14.6 Å². The van der Waals surface area contributed by atoms with Gasteiger partial charge < -0.3 is 0 Å². The van der Waals surface area contributed by atoms with Gasteiger partial charge in [0.2, 0.25) is 5.91 Å². The third kappa shape index (κ3) is 4.08. The lowest BCUT2D eigenvalue weighted by Crippen LogP contribution is -2.31. The van der Waals surface area contributed by atoms with Crippen molar-refractivity contribution in [3.8, 4) is 12.3 Å². The average Bonchev–Trinajstić information content (AvgIpc) is 2.47. The topological polar surface area (TPSA) is 75.6 Å². The number of hydrogen-bond acceptors (Lipinski definition) is 4. The van der Waals surface area contributed by atoms with Crippen molar-refractivity contribution in [2.75, 3.05) is 5.75 Å². The number of sulfone groups is 1. The summed E-state index contributed by atoms with van der Waals surface area (Å²) in [5.74, 6) is 1.81. The number of carbonyl (C=O) groups is 1. The van der Waals surface area contributed by atoms with E-state index in [1.807, 2.05) is 19.9 Å². The Kier molecular flexibility index (Phi) is 5.02. The minimum Gasteiger partial charge on any atom is -0.273 e. The van der Waals surface area contributed by atoms with Crippen LogP contribution >= 0.6 is 0 Å². The number of nitrogens with zero attached hydrogens (tertiary/aromatic N) is 1. The molecule has 0 aromatic heterocycles. The van der Waals surface area contributed by atoms with Crippen molar-refractivity contribution in [2.24, 2.45) is 11.0 Å². The highest BCUT2D eigenvalue weighted by Crippen LogP contribution is 2.19. The Balaban J connectivity index is 2.24. The molecule has 0 bridgehead atoms. The lowest BCUT2D eigenvalue weighted by Gasteiger charge is -2.19. The van der Waals surface area contributed by atoms with Gasteiger partial charge in [0.1, 0.15) is 5.75 Å². The standard InChI is InChI=1S/C17H18N2O3S/c1-4-9-23(21,22)15-7-5-14(6-8-15)10-12(2)17-13(3)11-16(20)18-19-17/h1,5-8,10,13H,9,11H2,2-3H3,(H,18,20). The van der Waals surface area contributed by atoms with E-state index in [2.05, 4.69) is 16.4 Å². The van der Waals surface area contributed by atoms with Crippen molar-refractivity contribution in [1.29, 1.82) is 0 Å². The smallest absolute Gasteiger partial charge is 0.240 e. The highest BCUT2D eigenvalue weighted by molar-refractivity contribution is 7.91. The Morgan fingerprint density at radius 3 is 2.65 bits per heavy atom. The largest absolute Gasteiger partial charge is 0.273 e. The van der Waals surface area contributed by atoms with Crippen molar-refractivity contribution in [3.63, 3.8) is 0 Å². The molecule has 0 saturated carbocycles. The van der Waals surface area contributed by atoms with Gasteiger partial charge in [-0.05, 0) is 30.2 Å². The SMILES string of the molecule is C#CCS(=O)(=O)c1ccc(C=C(C)C2=NNC(=O)CC2C)cc1. The maximum absolute atomic E-state index is 11.9. The number of hydrogen-bond donors (Lipinski definition) is 1. The summed E-state index contributed by atoms with van der Waals surface area (Å²) in [4.78, 5) is 11.5. The number of benzene rings is 1. The van der Waals surface area contributed by atoms with E-state index < -0.39 is 9.84 Å². The molecule has 0 radical (unpaired) electrons. The van der Waals surface area contributed by atoms with Gasteiger partial charge in [0.05, 0.1) is 10.6 Å². The molecule has 1 amide bonds. The Hall–Kier alpha value is -2.39. The van der Waals surface area contributed by atoms with E-state index in [9.17, 15) is 13.2 Å². The molecular formula is C17H18N2O3S. The molecule has 1 aromatic carbocycles. The number of terminal acetylenes is 1. The summed E-state index contributed by atoms with van der Waals surface area (Å²) in [6.07, 6.45) is 7.39. The number of nitrogens with one attached hydrogen (secondary N) is 1. The monoisotopic (exact) mass is 330 g/mol. The molecule has 6 heteroatoms. The fourth-order valence-electron chi connectivity index (χ4n) is 2.42. The highest BCUT2D eigenvalue weighted by atomic mass is 32.2. The Morgan fingerprint density at radius 1 is 1.43 bits per heavy atom. The van der Waals surface area contributed by atoms with Crippen LogP contribution in [-0.4, -0.2) is 25.8 Å². The molecule has 1 N–H and O–H groups in total. The zero-order chi connectivity index (χ0) is 17.0. The predicted molar refractivity (Wildman–Crippen MR) is 90.3 cm³/mol. The van der Waals surface area contributed by atoms with Crippen molar-refractivity contribution in [2.45, 2.75) is 25.2 Å². The van der Waals surface area contributed by atoms with E-state index in [-0.39, 0.29) is 22.5 Å². The van der Waals surface area contributed by atoms with Crippen LogP contribution in [0.15, 0.2) is 39.8 Å². The first kappa shape index (κ1) is 17.0. The van der Waals surface area contributed by atoms with Gasteiger partial charge in [0.25, 0.3) is 0 Å². The first-order chi connectivity index (χ1) is 10.8. The molecule has 5 nitrogen and oxygen atoms in total. The lowest BCUT2D eigenvalue weighted by atomic mass is 9.94. The van der Waals surface area contributed by atoms with E-state index >= 15 is 0 Å². The Morgan fingerprint density at radius 2 is 2.09 bits per heavy atom. The average molecular weight is 330 g/mol. The lowest BCUT2D eigenvalue weighted by molar-refractivity contribution is -0.121. The van der Waals surface area contributed by atoms with E-state index in [4.69, 9.17) is 6.42 Å². The third-order valence-corrected chi connectivity index (χ3v) is 5.10. The van der Waals surface area contributed by atoms with E-state index in [0.29, 0.717) is 6.42 Å². The van der Waals surface area contributed by atoms with E-state index in [1.165, 1.54) is 0 Å². The molecule has 1 aliphatic rings. The zero-order valence-corrected chi connectivity index (χ0v) is 13.9. The van der Waals surface area contributed by atoms with E-state index in [0.717, 1.165) is 16.8 Å². The summed E-state index contributed by atoms with van der Waals surface area (Å²) in [7, 11) is -3.42. The maximum atomic E-state index is 11.9. The first-order valence-electron chi connectivity index (χ1n) is 7.15. The molecule has 0 aliphatic carbocycles. The molecule has 0 fully saturated rings. The summed E-state index contributed by atoms with van der Waals surface area (Å²) in [5, 5.41) is 4.10. The first-order valence-corrected chi connectivity index (χ1v) is 8.80. The molecule has 2 rings (SSSR count). The number of carbonyl (C=O) groups excluding carboxylic acids is 1. The molecule has 1 unspecified atom stereocenters. The minimum atomic E-state index is -3.42. The summed E-state index contributed by atoms with van der Waals surface area (Å²) in [5.41, 5.74) is 5.09. The van der Waals surface area contributed by atoms with Crippen LogP contribution in [0.1, 0.15) is 25.8 Å². The number of amides is 1. The summed E-state index contributed by atoms with van der Waals surface area (Å²) >= 11 is 0. The minimum absolute atomic E-state index is 0.0512. The van der Waals surface area contributed by atoms with Crippen LogP contribution < -0.4 is 5.43 Å². The van der Waals surface area contributed by atoms with Gasteiger partial charge in [-0.1, -0.05) is 31.1 Å². The molecule has 0 spiro atoms. The maximum Gasteiger partial charge on any atom is 0.240 e. The van der Waals surface area contributed by atoms with Gasteiger partial charge in [-0.2, -0.15) is 5.10 Å². The molecule has 1 atom stereocenters. The summed E-state index contributed by atoms with van der Waals surface area (Å²) in [6, 6.07) is 6.53. The molecule has 1 heterocycles. The van der Waals surface area contributed by atoms with Crippen LogP contribution in [0.5, 0.6) is 0 Å². The molecule has 0 saturated heterocycles. The normalized spacial score (nSPS) is 18.8. The van der Waals surface area contributed by atoms with Gasteiger partial charge in [0, 0.05) is 12.3 Å². The predicted octanol–water partition coefficient (Wildman–Crippen LogP) is 2.01. The van der Waals surface area contributed by atoms with Crippen LogP contribution in [0.4, 0.5) is 0 Å². The number of hydrazone groups is 1. The second-order valence-corrected chi connectivity index (χ2v) is 7.49. The fourth-order valence-corrected chi connectivity index (χ4v) is 3.36. The van der Waals surface area contributed by atoms with Gasteiger partial charge in [-0.25, -0.2) is 13.8 Å². The molecular weight excluding hydrogens is 312 g/mol. The highest BCUT2D eigenvalue weighted by Gasteiger charge is 2.21. The van der Waals surface area contributed by atoms with Crippen molar-refractivity contribution >= 4 is 27.5 Å². The quantitative estimate of drug-likeness (QED) is 0.858. The fraction of sp³-hybridized carbons (Fsp3) is 0.294. The van der Waals surface area contributed by atoms with Crippen molar-refractivity contribution in [3.05, 3.63) is 35.4 Å². The zero-order valence-electron chi connectivity index (χ0n) is 13.0. The van der Waals surface area contributed by atoms with Crippen LogP contribution in [0.25, 0.3) is 6.08 Å². The van der Waals surface area contributed by atoms with Crippen LogP contribution in [0, 0.1) is 18.3 Å². The number of rotatable bonds is 4. The van der Waals surface area contributed by atoms with Crippen LogP contribution in [0.2, 0.25) is 0 Å². The third-order valence-electron chi connectivity index (χ3n) is 3.56. The molecule has 1 aliphatic heterocycles. The summed E-state index contributed by atoms with van der Waals surface area (Å²) < 4.78 is 23.7. The second-order valence-electron chi connectivity index (χ2n) is 5.50. The van der Waals surface area contributed by atoms with Crippen molar-refractivity contribution < 1.29 is 13.2 Å². The second kappa shape index (κ2) is 6.80. The van der Waals surface area contributed by atoms with Gasteiger partial charge >= 0.3 is 0 Å². The van der Waals surface area contributed by atoms with Gasteiger partial charge in [-0.15, -0.1) is 6.42 Å². The molecule has 23 heavy (non-hydrogen) atoms. The molecule has 120 valence electrons. The van der Waals surface area contributed by atoms with E-state index in [1.54, 1.807) is 24.3 Å². The van der Waals surface area contributed by atoms with Crippen LogP contribution in [0.3, 0.4) is 0 Å². The van der Waals surface area contributed by atoms with Crippen molar-refractivity contribution in [1.82, 2.24) is 5.43 Å².